The summed E-state index contributed by atoms with van der Waals surface area (Å²) in [6.07, 6.45) is 0. The molecule has 11 rings (SSSR count). The molecule has 8 aromatic carbocycles. The van der Waals surface area contributed by atoms with Gasteiger partial charge < -0.3 is 9.13 Å². The van der Waals surface area contributed by atoms with Crippen molar-refractivity contribution in [1.82, 2.24) is 9.13 Å². The highest BCUT2D eigenvalue weighted by Crippen LogP contribution is 2.39. The van der Waals surface area contributed by atoms with E-state index in [1.165, 1.54) is 86.9 Å². The highest BCUT2D eigenvalue weighted by atomic mass is 28.3. The molecule has 0 saturated carbocycles. The third-order valence-corrected chi connectivity index (χ3v) is 16.1. The zero-order chi connectivity index (χ0) is 33.5. The summed E-state index contributed by atoms with van der Waals surface area (Å²) < 4.78 is 4.88. The molecule has 3 heteroatoms. The topological polar surface area (TPSA) is 9.86 Å². The first kappa shape index (κ1) is 28.4. The summed E-state index contributed by atoms with van der Waals surface area (Å²) >= 11 is 0. The van der Waals surface area contributed by atoms with E-state index in [2.05, 4.69) is 203 Å². The summed E-state index contributed by atoms with van der Waals surface area (Å²) in [5, 5.41) is 10.8. The van der Waals surface area contributed by atoms with Gasteiger partial charge in [0.2, 0.25) is 0 Å². The molecular weight excluding hydrogens is 633 g/mol. The van der Waals surface area contributed by atoms with Gasteiger partial charge in [-0.3, -0.25) is 0 Å². The molecular formula is C48H32N2Si. The number of nitrogens with zero attached hydrogens (tertiary/aromatic N) is 2. The summed E-state index contributed by atoms with van der Waals surface area (Å²) in [6, 6.07) is 72.2. The molecule has 2 aromatic heterocycles. The van der Waals surface area contributed by atoms with Gasteiger partial charge in [-0.05, 0) is 80.4 Å². The van der Waals surface area contributed by atoms with Gasteiger partial charge in [-0.15, -0.1) is 0 Å². The van der Waals surface area contributed by atoms with Crippen LogP contribution in [0.15, 0.2) is 194 Å². The molecule has 0 radical (unpaired) electrons. The maximum atomic E-state index is 2.47. The monoisotopic (exact) mass is 664 g/mol. The minimum Gasteiger partial charge on any atom is -0.309 e. The zero-order valence-electron chi connectivity index (χ0n) is 27.9. The molecule has 0 bridgehead atoms. The second-order valence-electron chi connectivity index (χ2n) is 13.7. The number of benzene rings is 8. The molecule has 0 saturated heterocycles. The predicted octanol–water partition coefficient (Wildman–Crippen LogP) is 9.24. The first-order valence-corrected chi connectivity index (χ1v) is 19.7. The van der Waals surface area contributed by atoms with Crippen LogP contribution in [0.4, 0.5) is 0 Å². The van der Waals surface area contributed by atoms with Crippen LogP contribution in [-0.2, 0) is 0 Å². The van der Waals surface area contributed by atoms with Crippen molar-refractivity contribution < 1.29 is 0 Å². The van der Waals surface area contributed by atoms with Crippen LogP contribution in [0, 0.1) is 0 Å². The average molecular weight is 665 g/mol. The Balaban J connectivity index is 1.18. The molecule has 3 heterocycles. The molecule has 0 spiro atoms. The number of rotatable bonds is 4. The highest BCUT2D eigenvalue weighted by molar-refractivity contribution is 7.22. The first-order chi connectivity index (χ1) is 25.3. The van der Waals surface area contributed by atoms with Crippen LogP contribution in [0.1, 0.15) is 0 Å². The lowest BCUT2D eigenvalue weighted by Gasteiger charge is -2.31. The number of para-hydroxylation sites is 3. The quantitative estimate of drug-likeness (QED) is 0.166. The van der Waals surface area contributed by atoms with E-state index >= 15 is 0 Å². The largest absolute Gasteiger partial charge is 0.309 e. The van der Waals surface area contributed by atoms with Crippen molar-refractivity contribution >= 4 is 72.4 Å². The molecule has 1 aliphatic rings. The molecule has 238 valence electrons. The lowest BCUT2D eigenvalue weighted by Crippen LogP contribution is -2.72. The Kier molecular flexibility index (Phi) is 6.01. The Morgan fingerprint density at radius 1 is 0.294 bits per heavy atom. The average Bonchev–Trinajstić information content (AvgIpc) is 3.82. The van der Waals surface area contributed by atoms with Gasteiger partial charge in [-0.25, -0.2) is 0 Å². The minimum absolute atomic E-state index is 1.17. The van der Waals surface area contributed by atoms with Crippen LogP contribution < -0.4 is 20.7 Å². The minimum atomic E-state index is -2.55. The third-order valence-electron chi connectivity index (χ3n) is 11.2. The van der Waals surface area contributed by atoms with Crippen LogP contribution in [0.5, 0.6) is 0 Å². The van der Waals surface area contributed by atoms with Gasteiger partial charge in [0.05, 0.1) is 22.1 Å². The fraction of sp³-hybridized carbons (Fsp3) is 0. The van der Waals surface area contributed by atoms with Crippen molar-refractivity contribution in [2.24, 2.45) is 0 Å². The number of fused-ring (bicyclic) bond motifs is 9. The number of hydrogen-bond donors (Lipinski definition) is 0. The van der Waals surface area contributed by atoms with E-state index in [9.17, 15) is 0 Å². The maximum Gasteiger partial charge on any atom is 0.180 e. The van der Waals surface area contributed by atoms with E-state index in [4.69, 9.17) is 0 Å². The Morgan fingerprint density at radius 2 is 0.725 bits per heavy atom. The Bertz CT molecular complexity index is 2910. The summed E-state index contributed by atoms with van der Waals surface area (Å²) in [7, 11) is -2.55. The van der Waals surface area contributed by atoms with Gasteiger partial charge in [0.15, 0.2) is 8.07 Å². The SMILES string of the molecule is c1ccc(-n2c3ccccc3c3cc4c5ccccc5n(-c5ccc([Si]6(c7ccccc7)c7ccccc7-c7ccccc76)cc5)c4cc32)cc1. The zero-order valence-corrected chi connectivity index (χ0v) is 28.9. The van der Waals surface area contributed by atoms with Crippen molar-refractivity contribution in [2.75, 3.05) is 0 Å². The maximum absolute atomic E-state index is 2.55. The fourth-order valence-corrected chi connectivity index (χ4v) is 14.3. The van der Waals surface area contributed by atoms with E-state index in [-0.39, 0.29) is 0 Å². The van der Waals surface area contributed by atoms with Gasteiger partial charge in [0.25, 0.3) is 0 Å². The van der Waals surface area contributed by atoms with E-state index in [1.807, 2.05) is 0 Å². The standard InChI is InChI=1S/C48H32N2Si/c1-3-15-33(16-4-1)49-43-23-11-7-19-37(43)41-31-42-38-20-8-12-24-44(38)50(46(42)32-45(41)49)34-27-29-36(30-28-34)51(35-17-5-2-6-18-35)47-25-13-9-21-39(47)40-22-10-14-26-48(40)51/h1-32H. The van der Waals surface area contributed by atoms with Crippen molar-refractivity contribution in [3.63, 3.8) is 0 Å². The number of hydrogen-bond acceptors (Lipinski definition) is 0. The number of aromatic nitrogens is 2. The summed E-state index contributed by atoms with van der Waals surface area (Å²) in [5.74, 6) is 0. The second-order valence-corrected chi connectivity index (χ2v) is 17.4. The fourth-order valence-electron chi connectivity index (χ4n) is 9.14. The van der Waals surface area contributed by atoms with Gasteiger partial charge in [0.1, 0.15) is 0 Å². The van der Waals surface area contributed by atoms with Gasteiger partial charge >= 0.3 is 0 Å². The van der Waals surface area contributed by atoms with E-state index in [0.29, 0.717) is 0 Å². The predicted molar refractivity (Wildman–Crippen MR) is 218 cm³/mol. The molecule has 1 aliphatic heterocycles. The molecule has 0 N–H and O–H groups in total. The lowest BCUT2D eigenvalue weighted by atomic mass is 10.1. The van der Waals surface area contributed by atoms with Crippen molar-refractivity contribution in [2.45, 2.75) is 0 Å². The van der Waals surface area contributed by atoms with Crippen LogP contribution in [0.3, 0.4) is 0 Å². The molecule has 0 atom stereocenters. The Labute approximate surface area is 297 Å². The smallest absolute Gasteiger partial charge is 0.180 e. The van der Waals surface area contributed by atoms with Gasteiger partial charge in [-0.2, -0.15) is 0 Å². The van der Waals surface area contributed by atoms with E-state index in [1.54, 1.807) is 0 Å². The highest BCUT2D eigenvalue weighted by Gasteiger charge is 2.48. The summed E-state index contributed by atoms with van der Waals surface area (Å²) in [4.78, 5) is 0. The molecule has 0 amide bonds. The van der Waals surface area contributed by atoms with Crippen LogP contribution in [0.25, 0.3) is 66.1 Å². The van der Waals surface area contributed by atoms with E-state index in [0.717, 1.165) is 0 Å². The van der Waals surface area contributed by atoms with Gasteiger partial charge in [0, 0.05) is 32.9 Å². The van der Waals surface area contributed by atoms with Crippen LogP contribution in [0.2, 0.25) is 0 Å². The normalized spacial score (nSPS) is 13.3. The summed E-state index contributed by atoms with van der Waals surface area (Å²) in [5.41, 5.74) is 9.94. The van der Waals surface area contributed by atoms with Crippen molar-refractivity contribution in [1.29, 1.82) is 0 Å². The molecule has 0 unspecified atom stereocenters. The van der Waals surface area contributed by atoms with E-state index < -0.39 is 8.07 Å². The van der Waals surface area contributed by atoms with Crippen molar-refractivity contribution in [3.05, 3.63) is 194 Å². The van der Waals surface area contributed by atoms with Crippen molar-refractivity contribution in [3.8, 4) is 22.5 Å². The van der Waals surface area contributed by atoms with Gasteiger partial charge in [-0.1, -0.05) is 146 Å². The van der Waals surface area contributed by atoms with Crippen LogP contribution in [-0.4, -0.2) is 17.2 Å². The Morgan fingerprint density at radius 3 is 1.29 bits per heavy atom. The van der Waals surface area contributed by atoms with Crippen LogP contribution >= 0.6 is 0 Å². The third kappa shape index (κ3) is 3.87. The first-order valence-electron chi connectivity index (χ1n) is 17.7. The molecule has 51 heavy (non-hydrogen) atoms. The Hall–Kier alpha value is -6.42. The molecule has 10 aromatic rings. The molecule has 2 nitrogen and oxygen atoms in total. The molecule has 0 fully saturated rings. The molecule has 0 aliphatic carbocycles. The lowest BCUT2D eigenvalue weighted by molar-refractivity contribution is 1.17. The second kappa shape index (κ2) is 10.8. The summed E-state index contributed by atoms with van der Waals surface area (Å²) in [6.45, 7) is 0.